The van der Waals surface area contributed by atoms with Crippen molar-refractivity contribution < 1.29 is 39.7 Å². The van der Waals surface area contributed by atoms with Crippen molar-refractivity contribution in [2.24, 2.45) is 0 Å². The first-order chi connectivity index (χ1) is 8.35. The molecule has 1 unspecified atom stereocenters. The summed E-state index contributed by atoms with van der Waals surface area (Å²) in [6.07, 6.45) is 0. The van der Waals surface area contributed by atoms with Gasteiger partial charge in [0.05, 0.1) is 0 Å². The molecule has 0 saturated carbocycles. The fourth-order valence-corrected chi connectivity index (χ4v) is 1.60. The Morgan fingerprint density at radius 2 is 1.26 bits per heavy atom. The van der Waals surface area contributed by atoms with Crippen LogP contribution in [0.15, 0.2) is 0 Å². The largest absolute Gasteiger partial charge is 0.382 e. The van der Waals surface area contributed by atoms with Crippen molar-refractivity contribution in [2.45, 2.75) is 50.3 Å². The lowest BCUT2D eigenvalue weighted by Gasteiger charge is -2.50. The summed E-state index contributed by atoms with van der Waals surface area (Å²) < 4.78 is 9.79. The second-order valence-electron chi connectivity index (χ2n) is 5.19. The first kappa shape index (κ1) is 18.2. The Morgan fingerprint density at radius 1 is 0.895 bits per heavy atom. The molecule has 19 heavy (non-hydrogen) atoms. The normalized spacial score (nSPS) is 16.9. The first-order valence-corrected chi connectivity index (χ1v) is 5.49. The lowest BCUT2D eigenvalue weighted by Crippen LogP contribution is -2.77. The standard InChI is InChI=1S/C11H22O8/c1-8(2,17-5)10(13,7(12)19-16)11(14,15)9(3,4)18-6/h13-16H,1-6H3. The molecule has 0 amide bonds. The van der Waals surface area contributed by atoms with E-state index in [0.29, 0.717) is 0 Å². The number of ether oxygens (including phenoxy) is 2. The molecule has 0 aromatic rings. The van der Waals surface area contributed by atoms with Crippen molar-refractivity contribution in [1.29, 1.82) is 0 Å². The van der Waals surface area contributed by atoms with E-state index in [0.717, 1.165) is 14.2 Å². The van der Waals surface area contributed by atoms with E-state index in [9.17, 15) is 20.1 Å². The van der Waals surface area contributed by atoms with Crippen molar-refractivity contribution in [3.05, 3.63) is 0 Å². The summed E-state index contributed by atoms with van der Waals surface area (Å²) in [7, 11) is 2.30. The minimum atomic E-state index is -3.12. The predicted molar refractivity (Wildman–Crippen MR) is 63.0 cm³/mol. The van der Waals surface area contributed by atoms with E-state index in [4.69, 9.17) is 14.7 Å². The van der Waals surface area contributed by atoms with Gasteiger partial charge in [-0.15, -0.1) is 0 Å². The topological polar surface area (TPSA) is 126 Å². The molecule has 0 aliphatic carbocycles. The van der Waals surface area contributed by atoms with Crippen LogP contribution in [-0.4, -0.2) is 63.4 Å². The van der Waals surface area contributed by atoms with Crippen LogP contribution < -0.4 is 0 Å². The average molecular weight is 282 g/mol. The number of aliphatic hydroxyl groups is 3. The molecule has 8 heteroatoms. The molecule has 8 nitrogen and oxygen atoms in total. The SMILES string of the molecule is COC(C)(C)C(O)(O)C(O)(C(=O)OO)C(C)(C)OC. The number of hydrogen-bond donors (Lipinski definition) is 4. The summed E-state index contributed by atoms with van der Waals surface area (Å²) in [6.45, 7) is 4.90. The van der Waals surface area contributed by atoms with Gasteiger partial charge in [0.15, 0.2) is 0 Å². The number of carbonyl (C=O) groups excluding carboxylic acids is 1. The van der Waals surface area contributed by atoms with E-state index in [-0.39, 0.29) is 0 Å². The van der Waals surface area contributed by atoms with E-state index >= 15 is 0 Å². The van der Waals surface area contributed by atoms with E-state index < -0.39 is 28.6 Å². The Hall–Kier alpha value is -0.770. The molecule has 0 saturated heterocycles. The summed E-state index contributed by atoms with van der Waals surface area (Å²) in [5, 5.41) is 39.4. The van der Waals surface area contributed by atoms with Crippen LogP contribution in [0, 0.1) is 0 Å². The predicted octanol–water partition coefficient (Wildman–Crippen LogP) is -0.735. The quantitative estimate of drug-likeness (QED) is 0.285. The van der Waals surface area contributed by atoms with Crippen LogP contribution >= 0.6 is 0 Å². The van der Waals surface area contributed by atoms with Gasteiger partial charge >= 0.3 is 5.97 Å². The van der Waals surface area contributed by atoms with Crippen molar-refractivity contribution in [2.75, 3.05) is 14.2 Å². The molecule has 0 fully saturated rings. The Balaban J connectivity index is 6.11. The van der Waals surface area contributed by atoms with Gasteiger partial charge in [0.2, 0.25) is 5.79 Å². The number of hydrogen-bond acceptors (Lipinski definition) is 8. The van der Waals surface area contributed by atoms with Gasteiger partial charge in [0, 0.05) is 14.2 Å². The van der Waals surface area contributed by atoms with Gasteiger partial charge in [0.25, 0.3) is 5.60 Å². The maximum absolute atomic E-state index is 11.7. The van der Waals surface area contributed by atoms with Gasteiger partial charge in [-0.05, 0) is 27.7 Å². The molecular formula is C11H22O8. The zero-order chi connectivity index (χ0) is 15.7. The summed E-state index contributed by atoms with van der Waals surface area (Å²) in [5.41, 5.74) is -6.58. The lowest BCUT2D eigenvalue weighted by molar-refractivity contribution is -0.380. The van der Waals surface area contributed by atoms with Crippen molar-refractivity contribution in [3.8, 4) is 0 Å². The summed E-state index contributed by atoms with van der Waals surface area (Å²) >= 11 is 0. The third-order valence-corrected chi connectivity index (χ3v) is 3.61. The van der Waals surface area contributed by atoms with Crippen LogP contribution in [0.4, 0.5) is 0 Å². The average Bonchev–Trinajstić information content (AvgIpc) is 2.35. The van der Waals surface area contributed by atoms with Crippen LogP contribution in [0.25, 0.3) is 0 Å². The fraction of sp³-hybridized carbons (Fsp3) is 0.909. The maximum Gasteiger partial charge on any atom is 0.382 e. The van der Waals surface area contributed by atoms with Gasteiger partial charge in [0.1, 0.15) is 11.2 Å². The molecule has 0 aromatic heterocycles. The second kappa shape index (κ2) is 5.31. The molecule has 0 rings (SSSR count). The summed E-state index contributed by atoms with van der Waals surface area (Å²) in [4.78, 5) is 15.2. The van der Waals surface area contributed by atoms with Crippen molar-refractivity contribution in [1.82, 2.24) is 0 Å². The van der Waals surface area contributed by atoms with Gasteiger partial charge in [-0.1, -0.05) is 0 Å². The first-order valence-electron chi connectivity index (χ1n) is 5.49. The number of rotatable bonds is 6. The van der Waals surface area contributed by atoms with Crippen molar-refractivity contribution in [3.63, 3.8) is 0 Å². The van der Waals surface area contributed by atoms with E-state index in [1.165, 1.54) is 27.7 Å². The molecule has 0 heterocycles. The molecule has 0 aliphatic heterocycles. The monoisotopic (exact) mass is 282 g/mol. The zero-order valence-electron chi connectivity index (χ0n) is 11.9. The minimum absolute atomic E-state index is 1.14. The van der Waals surface area contributed by atoms with E-state index in [2.05, 4.69) is 4.89 Å². The molecule has 1 atom stereocenters. The second-order valence-corrected chi connectivity index (χ2v) is 5.19. The third-order valence-electron chi connectivity index (χ3n) is 3.61. The highest BCUT2D eigenvalue weighted by Gasteiger charge is 2.71. The van der Waals surface area contributed by atoms with Gasteiger partial charge < -0.3 is 24.8 Å². The highest BCUT2D eigenvalue weighted by molar-refractivity contribution is 5.82. The van der Waals surface area contributed by atoms with Crippen LogP contribution in [-0.2, 0) is 19.2 Å². The third kappa shape index (κ3) is 2.47. The smallest absolute Gasteiger partial charge is 0.375 e. The Kier molecular flexibility index (Phi) is 5.10. The van der Waals surface area contributed by atoms with Gasteiger partial charge in [-0.2, -0.15) is 5.26 Å². The Morgan fingerprint density at radius 3 is 1.53 bits per heavy atom. The minimum Gasteiger partial charge on any atom is -0.375 e. The number of carbonyl (C=O) groups is 1. The van der Waals surface area contributed by atoms with Crippen LogP contribution in [0.1, 0.15) is 27.7 Å². The highest BCUT2D eigenvalue weighted by Crippen LogP contribution is 2.41. The molecule has 114 valence electrons. The molecule has 4 N–H and O–H groups in total. The Bertz CT molecular complexity index is 336. The zero-order valence-corrected chi connectivity index (χ0v) is 11.9. The summed E-state index contributed by atoms with van der Waals surface area (Å²) in [6, 6.07) is 0. The molecule has 0 spiro atoms. The lowest BCUT2D eigenvalue weighted by atomic mass is 9.72. The van der Waals surface area contributed by atoms with E-state index in [1.54, 1.807) is 0 Å². The molecule has 0 aromatic carbocycles. The van der Waals surface area contributed by atoms with Crippen molar-refractivity contribution >= 4 is 5.97 Å². The van der Waals surface area contributed by atoms with Crippen LogP contribution in [0.3, 0.4) is 0 Å². The molecule has 0 aliphatic rings. The molecule has 0 radical (unpaired) electrons. The van der Waals surface area contributed by atoms with Gasteiger partial charge in [-0.25, -0.2) is 4.79 Å². The fourth-order valence-electron chi connectivity index (χ4n) is 1.60. The highest BCUT2D eigenvalue weighted by atomic mass is 17.1. The van der Waals surface area contributed by atoms with E-state index in [1.807, 2.05) is 0 Å². The van der Waals surface area contributed by atoms with Gasteiger partial charge in [-0.3, -0.25) is 4.89 Å². The summed E-state index contributed by atoms with van der Waals surface area (Å²) in [5.74, 6) is -4.80. The van der Waals surface area contributed by atoms with Crippen LogP contribution in [0.5, 0.6) is 0 Å². The van der Waals surface area contributed by atoms with Crippen LogP contribution in [0.2, 0.25) is 0 Å². The molecule has 0 bridgehead atoms. The number of methoxy groups -OCH3 is 2. The Labute approximate surface area is 111 Å². The molecular weight excluding hydrogens is 260 g/mol. The maximum atomic E-state index is 11.7.